The number of nitrogens with zero attached hydrogens (tertiary/aromatic N) is 3. The Balaban J connectivity index is 1.21. The summed E-state index contributed by atoms with van der Waals surface area (Å²) in [4.78, 5) is 11.8. The van der Waals surface area contributed by atoms with E-state index in [9.17, 15) is 8.42 Å². The predicted octanol–water partition coefficient (Wildman–Crippen LogP) is 5.18. The quantitative estimate of drug-likeness (QED) is 0.391. The van der Waals surface area contributed by atoms with Gasteiger partial charge in [0.05, 0.1) is 4.90 Å². The molecule has 1 aliphatic carbocycles. The molecule has 8 heteroatoms. The van der Waals surface area contributed by atoms with E-state index in [0.29, 0.717) is 16.5 Å². The molecule has 1 fully saturated rings. The SMILES string of the molecule is Cc1cc(N2CCCC2)nc(Nc2ccc(NS(=O)(=O)c3ccc4cccc5c4c3CC5)cc2)n1. The van der Waals surface area contributed by atoms with Gasteiger partial charge in [0.25, 0.3) is 10.0 Å². The van der Waals surface area contributed by atoms with Gasteiger partial charge in [-0.3, -0.25) is 4.72 Å². The molecule has 0 unspecified atom stereocenters. The van der Waals surface area contributed by atoms with Gasteiger partial charge in [-0.2, -0.15) is 4.98 Å². The molecule has 1 aliphatic heterocycles. The van der Waals surface area contributed by atoms with Crippen molar-refractivity contribution in [3.05, 3.63) is 77.5 Å². The third-order valence-corrected chi connectivity index (χ3v) is 8.26. The fourth-order valence-corrected chi connectivity index (χ4v) is 6.49. The van der Waals surface area contributed by atoms with Crippen molar-refractivity contribution in [2.75, 3.05) is 28.0 Å². The molecule has 0 radical (unpaired) electrons. The van der Waals surface area contributed by atoms with E-state index in [-0.39, 0.29) is 0 Å². The van der Waals surface area contributed by atoms with Gasteiger partial charge in [0.15, 0.2) is 0 Å². The van der Waals surface area contributed by atoms with Crippen LogP contribution in [0.3, 0.4) is 0 Å². The Hall–Kier alpha value is -3.65. The number of nitrogens with one attached hydrogen (secondary N) is 2. The Morgan fingerprint density at radius 2 is 1.66 bits per heavy atom. The Labute approximate surface area is 205 Å². The summed E-state index contributed by atoms with van der Waals surface area (Å²) in [5.41, 5.74) is 4.34. The summed E-state index contributed by atoms with van der Waals surface area (Å²) in [5, 5.41) is 5.43. The second kappa shape index (κ2) is 8.53. The van der Waals surface area contributed by atoms with Gasteiger partial charge in [-0.25, -0.2) is 13.4 Å². The normalized spacial score (nSPS) is 15.1. The number of hydrogen-bond acceptors (Lipinski definition) is 6. The lowest BCUT2D eigenvalue weighted by atomic mass is 10.1. The zero-order valence-electron chi connectivity index (χ0n) is 19.6. The minimum absolute atomic E-state index is 0.361. The van der Waals surface area contributed by atoms with E-state index in [1.165, 1.54) is 18.4 Å². The zero-order chi connectivity index (χ0) is 24.0. The second-order valence-corrected chi connectivity index (χ2v) is 10.9. The average molecular weight is 486 g/mol. The Morgan fingerprint density at radius 3 is 2.46 bits per heavy atom. The molecule has 4 aromatic rings. The molecular weight excluding hydrogens is 458 g/mol. The van der Waals surface area contributed by atoms with E-state index < -0.39 is 10.0 Å². The number of hydrogen-bond donors (Lipinski definition) is 2. The van der Waals surface area contributed by atoms with Gasteiger partial charge in [0.2, 0.25) is 5.95 Å². The van der Waals surface area contributed by atoms with Crippen LogP contribution in [-0.4, -0.2) is 31.5 Å². The highest BCUT2D eigenvalue weighted by Gasteiger charge is 2.25. The molecule has 2 aliphatic rings. The Bertz CT molecular complexity index is 1530. The monoisotopic (exact) mass is 485 g/mol. The van der Waals surface area contributed by atoms with Crippen molar-refractivity contribution in [2.45, 2.75) is 37.5 Å². The van der Waals surface area contributed by atoms with Gasteiger partial charge >= 0.3 is 0 Å². The van der Waals surface area contributed by atoms with Crippen molar-refractivity contribution >= 4 is 43.9 Å². The zero-order valence-corrected chi connectivity index (χ0v) is 20.4. The maximum atomic E-state index is 13.3. The number of sulfonamides is 1. The third kappa shape index (κ3) is 4.18. The molecule has 0 spiro atoms. The van der Waals surface area contributed by atoms with Gasteiger partial charge in [-0.15, -0.1) is 0 Å². The fraction of sp³-hybridized carbons (Fsp3) is 0.259. The second-order valence-electron chi connectivity index (χ2n) is 9.25. The van der Waals surface area contributed by atoms with Crippen molar-refractivity contribution in [2.24, 2.45) is 0 Å². The first-order chi connectivity index (χ1) is 17.0. The molecule has 1 saturated heterocycles. The van der Waals surface area contributed by atoms with Crippen LogP contribution in [0.25, 0.3) is 10.8 Å². The van der Waals surface area contributed by atoms with Gasteiger partial charge in [-0.05, 0) is 84.8 Å². The number of aromatic nitrogens is 2. The first-order valence-electron chi connectivity index (χ1n) is 12.0. The number of benzene rings is 3. The van der Waals surface area contributed by atoms with E-state index in [0.717, 1.165) is 59.5 Å². The molecule has 0 amide bonds. The molecule has 2 N–H and O–H groups in total. The lowest BCUT2D eigenvalue weighted by Gasteiger charge is -2.18. The summed E-state index contributed by atoms with van der Waals surface area (Å²) >= 11 is 0. The molecule has 6 rings (SSSR count). The fourth-order valence-electron chi connectivity index (χ4n) is 5.16. The van der Waals surface area contributed by atoms with E-state index >= 15 is 0 Å². The number of aryl methyl sites for hydroxylation is 3. The largest absolute Gasteiger partial charge is 0.356 e. The molecule has 0 bridgehead atoms. The van der Waals surface area contributed by atoms with Gasteiger partial charge in [-0.1, -0.05) is 24.3 Å². The van der Waals surface area contributed by atoms with E-state index in [1.807, 2.05) is 43.3 Å². The molecule has 0 saturated carbocycles. The Kier molecular flexibility index (Phi) is 5.33. The molecule has 178 valence electrons. The topological polar surface area (TPSA) is 87.2 Å². The molecule has 3 aromatic carbocycles. The molecule has 7 nitrogen and oxygen atoms in total. The van der Waals surface area contributed by atoms with Crippen LogP contribution in [-0.2, 0) is 22.9 Å². The summed E-state index contributed by atoms with van der Waals surface area (Å²) < 4.78 is 29.3. The summed E-state index contributed by atoms with van der Waals surface area (Å²) in [5.74, 6) is 1.48. The molecule has 1 aromatic heterocycles. The van der Waals surface area contributed by atoms with Crippen LogP contribution in [0.1, 0.15) is 29.7 Å². The predicted molar refractivity (Wildman–Crippen MR) is 140 cm³/mol. The number of anilines is 4. The van der Waals surface area contributed by atoms with Crippen LogP contribution in [0, 0.1) is 6.92 Å². The first-order valence-corrected chi connectivity index (χ1v) is 13.5. The summed E-state index contributed by atoms with van der Waals surface area (Å²) in [6.45, 7) is 4.00. The van der Waals surface area contributed by atoms with E-state index in [1.54, 1.807) is 18.2 Å². The summed E-state index contributed by atoms with van der Waals surface area (Å²) in [6.07, 6.45) is 3.99. The molecule has 2 heterocycles. The third-order valence-electron chi connectivity index (χ3n) is 6.79. The molecule has 35 heavy (non-hydrogen) atoms. The summed E-state index contributed by atoms with van der Waals surface area (Å²) in [6, 6.07) is 18.9. The smallest absolute Gasteiger partial charge is 0.262 e. The van der Waals surface area contributed by atoms with E-state index in [4.69, 9.17) is 0 Å². The molecular formula is C27H27N5O2S. The minimum Gasteiger partial charge on any atom is -0.356 e. The lowest BCUT2D eigenvalue weighted by Crippen LogP contribution is -2.19. The highest BCUT2D eigenvalue weighted by molar-refractivity contribution is 7.92. The van der Waals surface area contributed by atoms with Crippen LogP contribution in [0.2, 0.25) is 0 Å². The Morgan fingerprint density at radius 1 is 0.886 bits per heavy atom. The first kappa shape index (κ1) is 21.9. The standard InChI is InChI=1S/C27H27N5O2S/c1-18-17-25(32-15-2-3-16-32)30-27(28-18)29-21-9-11-22(12-10-21)31-35(33,34)24-14-8-20-6-4-5-19-7-13-23(24)26(19)20/h4-6,8-12,14,17,31H,2-3,7,13,15-16H2,1H3,(H,28,29,30). The van der Waals surface area contributed by atoms with Crippen molar-refractivity contribution in [3.63, 3.8) is 0 Å². The van der Waals surface area contributed by atoms with Gasteiger partial charge in [0.1, 0.15) is 5.82 Å². The maximum absolute atomic E-state index is 13.3. The lowest BCUT2D eigenvalue weighted by molar-refractivity contribution is 0.600. The van der Waals surface area contributed by atoms with Crippen LogP contribution in [0.4, 0.5) is 23.1 Å². The van der Waals surface area contributed by atoms with E-state index in [2.05, 4.69) is 31.0 Å². The highest BCUT2D eigenvalue weighted by atomic mass is 32.2. The van der Waals surface area contributed by atoms with Gasteiger partial charge < -0.3 is 10.2 Å². The van der Waals surface area contributed by atoms with Crippen molar-refractivity contribution < 1.29 is 8.42 Å². The maximum Gasteiger partial charge on any atom is 0.262 e. The average Bonchev–Trinajstić information content (AvgIpc) is 3.52. The summed E-state index contributed by atoms with van der Waals surface area (Å²) in [7, 11) is -3.71. The van der Waals surface area contributed by atoms with Crippen LogP contribution in [0.15, 0.2) is 65.6 Å². The van der Waals surface area contributed by atoms with Crippen LogP contribution in [0.5, 0.6) is 0 Å². The van der Waals surface area contributed by atoms with Gasteiger partial charge in [0, 0.05) is 36.2 Å². The number of rotatable bonds is 6. The van der Waals surface area contributed by atoms with Crippen molar-refractivity contribution in [1.82, 2.24) is 9.97 Å². The van der Waals surface area contributed by atoms with Crippen LogP contribution < -0.4 is 14.9 Å². The highest BCUT2D eigenvalue weighted by Crippen LogP contribution is 2.35. The van der Waals surface area contributed by atoms with Crippen LogP contribution >= 0.6 is 0 Å². The van der Waals surface area contributed by atoms with Crippen molar-refractivity contribution in [1.29, 1.82) is 0 Å². The van der Waals surface area contributed by atoms with Crippen molar-refractivity contribution in [3.8, 4) is 0 Å². The minimum atomic E-state index is -3.71. The molecule has 0 atom stereocenters.